The lowest BCUT2D eigenvalue weighted by molar-refractivity contribution is -0.855. The molecule has 0 amide bonds. The number of rotatable bonds is 11. The Morgan fingerprint density at radius 2 is 1.88 bits per heavy atom. The number of piperazine rings is 1. The van der Waals surface area contributed by atoms with Gasteiger partial charge in [-0.05, 0) is 59.7 Å². The van der Waals surface area contributed by atoms with Gasteiger partial charge in [0.25, 0.3) is 5.56 Å². The molecule has 1 aliphatic carbocycles. The smallest absolute Gasteiger partial charge is 0.392 e. The topological polar surface area (TPSA) is 118 Å². The van der Waals surface area contributed by atoms with E-state index in [0.717, 1.165) is 75.3 Å². The van der Waals surface area contributed by atoms with Crippen LogP contribution in [-0.4, -0.2) is 102 Å². The van der Waals surface area contributed by atoms with Crippen molar-refractivity contribution in [2.24, 2.45) is 12.5 Å². The van der Waals surface area contributed by atoms with Gasteiger partial charge in [0.1, 0.15) is 23.4 Å². The van der Waals surface area contributed by atoms with Gasteiger partial charge in [-0.15, -0.1) is 0 Å². The number of hydrogen-bond acceptors (Lipinski definition) is 9. The fourth-order valence-corrected chi connectivity index (χ4v) is 7.73. The zero-order valence-corrected chi connectivity index (χ0v) is 31.4. The summed E-state index contributed by atoms with van der Waals surface area (Å²) >= 11 is 0. The number of quaternary nitrogens is 1. The highest BCUT2D eigenvalue weighted by Gasteiger charge is 2.40. The maximum absolute atomic E-state index is 13.3. The van der Waals surface area contributed by atoms with E-state index in [-0.39, 0.29) is 17.6 Å². The zero-order valence-electron chi connectivity index (χ0n) is 31.4. The minimum Gasteiger partial charge on any atom is -0.392 e. The predicted molar refractivity (Wildman–Crippen MR) is 207 cm³/mol. The van der Waals surface area contributed by atoms with Crippen LogP contribution in [-0.2, 0) is 37.8 Å². The second-order valence-corrected chi connectivity index (χ2v) is 14.9. The Kier molecular flexibility index (Phi) is 10.9. The summed E-state index contributed by atoms with van der Waals surface area (Å²) in [6, 6.07) is 9.96. The molecule has 3 aliphatic rings. The predicted octanol–water partition coefficient (Wildman–Crippen LogP) is 4.10. The zero-order chi connectivity index (χ0) is 37.2. The molecule has 0 saturated carbocycles. The second kappa shape index (κ2) is 15.3. The Balaban J connectivity index is 0.00000228. The average molecular weight is 708 g/mol. The van der Waals surface area contributed by atoms with Crippen molar-refractivity contribution in [2.45, 2.75) is 59.7 Å². The van der Waals surface area contributed by atoms with E-state index in [0.29, 0.717) is 52.1 Å². The van der Waals surface area contributed by atoms with Crippen molar-refractivity contribution in [3.8, 4) is 11.1 Å². The number of likely N-dealkylation sites (N-methyl/N-ethyl adjacent to an activating group) is 1. The SMILES string of the molecule is CC.[B][N+]1(C2COC2)CCN(c2ccc(Nc3cc(-c4ccnc(N(C)CCn5c(C=O)cc6c5CC(C)(C)C6)c4CO)cn(C)c3=O)nc2)CC1. The van der Waals surface area contributed by atoms with Crippen LogP contribution >= 0.6 is 0 Å². The van der Waals surface area contributed by atoms with Crippen molar-refractivity contribution in [3.05, 3.63) is 81.8 Å². The van der Waals surface area contributed by atoms with Crippen LogP contribution in [0.2, 0.25) is 0 Å². The summed E-state index contributed by atoms with van der Waals surface area (Å²) in [7, 11) is 10.3. The van der Waals surface area contributed by atoms with Gasteiger partial charge in [-0.3, -0.25) is 9.59 Å². The summed E-state index contributed by atoms with van der Waals surface area (Å²) in [6.07, 6.45) is 8.15. The molecule has 0 aromatic carbocycles. The van der Waals surface area contributed by atoms with Crippen molar-refractivity contribution in [2.75, 3.05) is 68.1 Å². The lowest BCUT2D eigenvalue weighted by Crippen LogP contribution is -2.68. The Hall–Kier alpha value is -4.46. The number of fused-ring (bicyclic) bond motifs is 1. The van der Waals surface area contributed by atoms with E-state index in [2.05, 4.69) is 38.6 Å². The van der Waals surface area contributed by atoms with Crippen LogP contribution in [0.5, 0.6) is 0 Å². The molecule has 7 rings (SSSR count). The number of carbonyl (C=O) groups is 1. The molecule has 6 heterocycles. The van der Waals surface area contributed by atoms with Crippen LogP contribution < -0.4 is 20.7 Å². The molecule has 4 aromatic rings. The fraction of sp³-hybridized carbons (Fsp3) is 0.487. The van der Waals surface area contributed by atoms with Gasteiger partial charge in [0.05, 0.1) is 63.6 Å². The first-order valence-corrected chi connectivity index (χ1v) is 18.4. The number of aryl methyl sites for hydroxylation is 1. The molecule has 0 bridgehead atoms. The molecule has 2 fully saturated rings. The third-order valence-corrected chi connectivity index (χ3v) is 10.8. The Morgan fingerprint density at radius 3 is 2.52 bits per heavy atom. The van der Waals surface area contributed by atoms with Gasteiger partial charge in [-0.25, -0.2) is 9.97 Å². The van der Waals surface area contributed by atoms with E-state index in [9.17, 15) is 14.7 Å². The van der Waals surface area contributed by atoms with Gasteiger partial charge in [-0.2, -0.15) is 0 Å². The van der Waals surface area contributed by atoms with E-state index < -0.39 is 0 Å². The number of nitrogens with zero attached hydrogens (tertiary/aromatic N) is 7. The molecule has 0 atom stereocenters. The van der Waals surface area contributed by atoms with Crippen LogP contribution in [0.4, 0.5) is 23.0 Å². The molecule has 274 valence electrons. The number of aliphatic hydroxyl groups is 1. The highest BCUT2D eigenvalue weighted by atomic mass is 16.5. The molecule has 0 spiro atoms. The number of nitrogens with one attached hydrogen (secondary N) is 1. The van der Waals surface area contributed by atoms with E-state index in [4.69, 9.17) is 12.7 Å². The molecular weight excluding hydrogens is 655 g/mol. The normalized spacial score (nSPS) is 17.5. The largest absolute Gasteiger partial charge is 0.481 e. The third kappa shape index (κ3) is 7.40. The number of pyridine rings is 3. The standard InChI is InChI=1S/C37H46BN8O4.C2H6/c1-37(2)17-25-15-28(21-47)45(33(25)18-37)10-9-42(3)35-31(22-48)30(7-8-39-35)26-16-32(36(49)43(4)20-26)41-34-6-5-27(19-40-34)44-11-13-46(38,14-12-44)29-23-50-24-29;1-2/h5-8,15-16,19-21,29,48H,9-14,17-18,22-24H2,1-4H3,(H,40,41);1-2H3/q+1;. The Bertz CT molecular complexity index is 1940. The Labute approximate surface area is 308 Å². The van der Waals surface area contributed by atoms with Gasteiger partial charge in [0.15, 0.2) is 6.29 Å². The number of aliphatic hydroxyl groups excluding tert-OH is 1. The summed E-state index contributed by atoms with van der Waals surface area (Å²) in [6.45, 7) is 14.3. The lowest BCUT2D eigenvalue weighted by atomic mass is 9.90. The molecule has 4 aromatic heterocycles. The molecule has 2 aliphatic heterocycles. The summed E-state index contributed by atoms with van der Waals surface area (Å²) in [4.78, 5) is 38.8. The van der Waals surface area contributed by atoms with Gasteiger partial charge in [0.2, 0.25) is 0 Å². The quantitative estimate of drug-likeness (QED) is 0.176. The van der Waals surface area contributed by atoms with Crippen LogP contribution in [0.3, 0.4) is 0 Å². The van der Waals surface area contributed by atoms with Crippen LogP contribution in [0, 0.1) is 5.41 Å². The van der Waals surface area contributed by atoms with Crippen molar-refractivity contribution in [1.82, 2.24) is 19.1 Å². The average Bonchev–Trinajstić information content (AvgIpc) is 3.60. The third-order valence-electron chi connectivity index (χ3n) is 10.8. The number of aromatic nitrogens is 4. The summed E-state index contributed by atoms with van der Waals surface area (Å²) in [5.74, 6) is 1.20. The molecule has 2 radical (unpaired) electrons. The van der Waals surface area contributed by atoms with Crippen LogP contribution in [0.1, 0.15) is 55.0 Å². The van der Waals surface area contributed by atoms with Crippen molar-refractivity contribution >= 4 is 37.3 Å². The fourth-order valence-electron chi connectivity index (χ4n) is 7.73. The van der Waals surface area contributed by atoms with Crippen molar-refractivity contribution in [1.29, 1.82) is 0 Å². The van der Waals surface area contributed by atoms with Crippen molar-refractivity contribution in [3.63, 3.8) is 0 Å². The van der Waals surface area contributed by atoms with Crippen LogP contribution in [0.15, 0.2) is 53.7 Å². The van der Waals surface area contributed by atoms with Gasteiger partial charge in [0, 0.05) is 56.4 Å². The van der Waals surface area contributed by atoms with Gasteiger partial charge in [-0.1, -0.05) is 27.7 Å². The van der Waals surface area contributed by atoms with Crippen molar-refractivity contribution < 1.29 is 19.0 Å². The monoisotopic (exact) mass is 707 g/mol. The number of hydrogen-bond donors (Lipinski definition) is 2. The highest BCUT2D eigenvalue weighted by Crippen LogP contribution is 2.38. The van der Waals surface area contributed by atoms with E-state index in [1.54, 1.807) is 25.5 Å². The molecule has 0 unspecified atom stereocenters. The maximum Gasteiger partial charge on any atom is 0.481 e. The lowest BCUT2D eigenvalue weighted by Gasteiger charge is -2.51. The highest BCUT2D eigenvalue weighted by molar-refractivity contribution is 5.97. The summed E-state index contributed by atoms with van der Waals surface area (Å²) in [5.41, 5.74) is 6.74. The summed E-state index contributed by atoms with van der Waals surface area (Å²) < 4.78 is 9.59. The van der Waals surface area contributed by atoms with Gasteiger partial charge >= 0.3 is 7.98 Å². The molecule has 12 nitrogen and oxygen atoms in total. The molecule has 52 heavy (non-hydrogen) atoms. The minimum atomic E-state index is -0.237. The van der Waals surface area contributed by atoms with Crippen LogP contribution in [0.25, 0.3) is 11.1 Å². The number of anilines is 4. The van der Waals surface area contributed by atoms with E-state index in [1.807, 2.05) is 56.3 Å². The maximum atomic E-state index is 13.3. The minimum absolute atomic E-state index is 0.180. The van der Waals surface area contributed by atoms with E-state index >= 15 is 0 Å². The molecule has 2 saturated heterocycles. The number of aldehydes is 1. The molecular formula is C39H52BN8O4+. The second-order valence-electron chi connectivity index (χ2n) is 14.9. The van der Waals surface area contributed by atoms with Gasteiger partial charge < -0.3 is 38.5 Å². The molecule has 13 heteroatoms. The first-order chi connectivity index (χ1) is 25.0. The number of ether oxygens (including phenoxy) is 1. The number of carbonyl (C=O) groups excluding carboxylic acids is 1. The first kappa shape index (κ1) is 37.3. The first-order valence-electron chi connectivity index (χ1n) is 18.4. The Morgan fingerprint density at radius 1 is 1.13 bits per heavy atom. The van der Waals surface area contributed by atoms with E-state index in [1.165, 1.54) is 15.8 Å². The summed E-state index contributed by atoms with van der Waals surface area (Å²) in [5, 5.41) is 13.9. The molecule has 2 N–H and O–H groups in total.